The Kier molecular flexibility index (Phi) is 4.58. The van der Waals surface area contributed by atoms with E-state index in [1.807, 2.05) is 26.0 Å². The average molecular weight is 323 g/mol. The van der Waals surface area contributed by atoms with Crippen molar-refractivity contribution in [1.82, 2.24) is 14.9 Å². The summed E-state index contributed by atoms with van der Waals surface area (Å²) in [7, 11) is -1.98. The summed E-state index contributed by atoms with van der Waals surface area (Å²) < 4.78 is 32.8. The Labute approximate surface area is 130 Å². The zero-order valence-electron chi connectivity index (χ0n) is 13.4. The number of methoxy groups -OCH3 is 1. The molecule has 0 aliphatic carbocycles. The van der Waals surface area contributed by atoms with Crippen LogP contribution < -0.4 is 9.46 Å². The molecular formula is C15H21N3O3S. The maximum absolute atomic E-state index is 12.4. The van der Waals surface area contributed by atoms with Crippen LogP contribution in [0.3, 0.4) is 0 Å². The minimum Gasteiger partial charge on any atom is -0.496 e. The Morgan fingerprint density at radius 2 is 1.86 bits per heavy atom. The highest BCUT2D eigenvalue weighted by atomic mass is 32.2. The lowest BCUT2D eigenvalue weighted by atomic mass is 10.0. The number of rotatable bonds is 5. The second-order valence-electron chi connectivity index (χ2n) is 5.34. The lowest BCUT2D eigenvalue weighted by Crippen LogP contribution is -2.24. The third-order valence-electron chi connectivity index (χ3n) is 3.64. The zero-order valence-corrected chi connectivity index (χ0v) is 14.3. The van der Waals surface area contributed by atoms with Crippen LogP contribution in [0.1, 0.15) is 28.1 Å². The molecule has 0 atom stereocenters. The predicted octanol–water partition coefficient (Wildman–Crippen LogP) is 2.13. The van der Waals surface area contributed by atoms with Gasteiger partial charge in [-0.15, -0.1) is 0 Å². The molecule has 22 heavy (non-hydrogen) atoms. The summed E-state index contributed by atoms with van der Waals surface area (Å²) in [5.74, 6) is 0.797. The molecule has 1 heterocycles. The van der Waals surface area contributed by atoms with Gasteiger partial charge >= 0.3 is 0 Å². The molecule has 6 nitrogen and oxygen atoms in total. The number of benzene rings is 1. The zero-order chi connectivity index (χ0) is 16.5. The van der Waals surface area contributed by atoms with Gasteiger partial charge in [0.25, 0.3) is 0 Å². The van der Waals surface area contributed by atoms with Gasteiger partial charge in [0.1, 0.15) is 10.6 Å². The van der Waals surface area contributed by atoms with Crippen molar-refractivity contribution < 1.29 is 13.2 Å². The Morgan fingerprint density at radius 3 is 2.41 bits per heavy atom. The molecule has 2 N–H and O–H groups in total. The topological polar surface area (TPSA) is 84.1 Å². The van der Waals surface area contributed by atoms with Gasteiger partial charge < -0.3 is 4.74 Å². The van der Waals surface area contributed by atoms with E-state index in [9.17, 15) is 8.42 Å². The number of ether oxygens (including phenoxy) is 1. The van der Waals surface area contributed by atoms with Gasteiger partial charge in [-0.1, -0.05) is 6.07 Å². The molecule has 1 aromatic heterocycles. The number of hydrogen-bond acceptors (Lipinski definition) is 4. The van der Waals surface area contributed by atoms with Gasteiger partial charge in [-0.05, 0) is 50.5 Å². The quantitative estimate of drug-likeness (QED) is 0.883. The number of aryl methyl sites for hydroxylation is 4. The maximum atomic E-state index is 12.4. The Morgan fingerprint density at radius 1 is 1.18 bits per heavy atom. The van der Waals surface area contributed by atoms with Crippen LogP contribution in [0.4, 0.5) is 0 Å². The molecule has 0 spiro atoms. The summed E-state index contributed by atoms with van der Waals surface area (Å²) in [6.45, 7) is 7.45. The number of aromatic nitrogens is 2. The fraction of sp³-hybridized carbons (Fsp3) is 0.400. The first kappa shape index (κ1) is 16.5. The monoisotopic (exact) mass is 323 g/mol. The SMILES string of the molecule is COc1cc(C)c(CNS(=O)(=O)c2c(C)n[nH]c2C)cc1C. The van der Waals surface area contributed by atoms with Crippen LogP contribution in [0, 0.1) is 27.7 Å². The van der Waals surface area contributed by atoms with Crippen molar-refractivity contribution >= 4 is 10.0 Å². The predicted molar refractivity (Wildman–Crippen MR) is 84.6 cm³/mol. The molecule has 7 heteroatoms. The summed E-state index contributed by atoms with van der Waals surface area (Å²) in [6, 6.07) is 3.85. The molecule has 2 aromatic rings. The minimum absolute atomic E-state index is 0.218. The molecule has 0 unspecified atom stereocenters. The number of nitrogens with one attached hydrogen (secondary N) is 2. The Balaban J connectivity index is 2.25. The van der Waals surface area contributed by atoms with Crippen LogP contribution in [0.15, 0.2) is 17.0 Å². The van der Waals surface area contributed by atoms with Crippen LogP contribution in [0.2, 0.25) is 0 Å². The minimum atomic E-state index is -3.60. The average Bonchev–Trinajstić information content (AvgIpc) is 2.79. The molecule has 0 fully saturated rings. The summed E-state index contributed by atoms with van der Waals surface area (Å²) in [5.41, 5.74) is 3.87. The molecule has 0 saturated carbocycles. The first-order valence-corrected chi connectivity index (χ1v) is 8.40. The van der Waals surface area contributed by atoms with E-state index in [2.05, 4.69) is 14.9 Å². The maximum Gasteiger partial charge on any atom is 0.244 e. The van der Waals surface area contributed by atoms with Crippen LogP contribution in [0.5, 0.6) is 5.75 Å². The van der Waals surface area contributed by atoms with Gasteiger partial charge in [0.15, 0.2) is 0 Å². The van der Waals surface area contributed by atoms with E-state index in [0.717, 1.165) is 22.4 Å². The van der Waals surface area contributed by atoms with Gasteiger partial charge in [-0.25, -0.2) is 13.1 Å². The smallest absolute Gasteiger partial charge is 0.244 e. The van der Waals surface area contributed by atoms with E-state index in [4.69, 9.17) is 4.74 Å². The first-order valence-electron chi connectivity index (χ1n) is 6.91. The summed E-state index contributed by atoms with van der Waals surface area (Å²) in [5, 5.41) is 6.62. The van der Waals surface area contributed by atoms with E-state index in [1.54, 1.807) is 21.0 Å². The summed E-state index contributed by atoms with van der Waals surface area (Å²) in [4.78, 5) is 0.218. The molecule has 120 valence electrons. The largest absolute Gasteiger partial charge is 0.496 e. The fourth-order valence-corrected chi connectivity index (χ4v) is 3.81. The van der Waals surface area contributed by atoms with E-state index in [1.165, 1.54) is 0 Å². The molecule has 0 aliphatic rings. The summed E-state index contributed by atoms with van der Waals surface area (Å²) in [6.07, 6.45) is 0. The fourth-order valence-electron chi connectivity index (χ4n) is 2.44. The highest BCUT2D eigenvalue weighted by molar-refractivity contribution is 7.89. The second kappa shape index (κ2) is 6.10. The van der Waals surface area contributed by atoms with Crippen molar-refractivity contribution in [2.75, 3.05) is 7.11 Å². The lowest BCUT2D eigenvalue weighted by Gasteiger charge is -2.12. The van der Waals surface area contributed by atoms with E-state index in [-0.39, 0.29) is 11.4 Å². The number of nitrogens with zero attached hydrogens (tertiary/aromatic N) is 1. The Hall–Kier alpha value is -1.86. The lowest BCUT2D eigenvalue weighted by molar-refractivity contribution is 0.411. The van der Waals surface area contributed by atoms with Crippen molar-refractivity contribution in [3.63, 3.8) is 0 Å². The van der Waals surface area contributed by atoms with Gasteiger partial charge in [0.2, 0.25) is 10.0 Å². The molecule has 0 aliphatic heterocycles. The second-order valence-corrected chi connectivity index (χ2v) is 7.04. The van der Waals surface area contributed by atoms with Gasteiger partial charge in [0.05, 0.1) is 18.5 Å². The van der Waals surface area contributed by atoms with Crippen LogP contribution in [-0.4, -0.2) is 25.7 Å². The van der Waals surface area contributed by atoms with E-state index < -0.39 is 10.0 Å². The number of sulfonamides is 1. The van der Waals surface area contributed by atoms with Gasteiger partial charge in [-0.3, -0.25) is 5.10 Å². The molecule has 1 aromatic carbocycles. The van der Waals surface area contributed by atoms with Crippen LogP contribution in [0.25, 0.3) is 0 Å². The van der Waals surface area contributed by atoms with Crippen molar-refractivity contribution in [3.8, 4) is 5.75 Å². The highest BCUT2D eigenvalue weighted by Gasteiger charge is 2.22. The van der Waals surface area contributed by atoms with Crippen LogP contribution >= 0.6 is 0 Å². The molecule has 0 bridgehead atoms. The van der Waals surface area contributed by atoms with Crippen LogP contribution in [-0.2, 0) is 16.6 Å². The standard InChI is InChI=1S/C15H21N3O3S/c1-9-7-14(21-5)10(2)6-13(9)8-16-22(19,20)15-11(3)17-18-12(15)4/h6-7,16H,8H2,1-5H3,(H,17,18). The number of H-pyrrole nitrogens is 1. The molecular weight excluding hydrogens is 302 g/mol. The third kappa shape index (κ3) is 3.15. The highest BCUT2D eigenvalue weighted by Crippen LogP contribution is 2.23. The number of hydrogen-bond donors (Lipinski definition) is 2. The van der Waals surface area contributed by atoms with Crippen molar-refractivity contribution in [1.29, 1.82) is 0 Å². The van der Waals surface area contributed by atoms with Gasteiger partial charge in [-0.2, -0.15) is 5.10 Å². The summed E-state index contributed by atoms with van der Waals surface area (Å²) >= 11 is 0. The molecule has 0 saturated heterocycles. The molecule has 0 amide bonds. The van der Waals surface area contributed by atoms with E-state index in [0.29, 0.717) is 11.4 Å². The Bertz CT molecular complexity index is 775. The van der Waals surface area contributed by atoms with Crippen molar-refractivity contribution in [2.45, 2.75) is 39.1 Å². The molecule has 2 rings (SSSR count). The first-order chi connectivity index (χ1) is 10.3. The third-order valence-corrected chi connectivity index (χ3v) is 5.30. The van der Waals surface area contributed by atoms with Crippen molar-refractivity contribution in [3.05, 3.63) is 40.2 Å². The number of aromatic amines is 1. The van der Waals surface area contributed by atoms with Gasteiger partial charge in [0, 0.05) is 6.54 Å². The normalized spacial score (nSPS) is 11.7. The molecule has 0 radical (unpaired) electrons. The van der Waals surface area contributed by atoms with E-state index >= 15 is 0 Å². The van der Waals surface area contributed by atoms with Crippen molar-refractivity contribution in [2.24, 2.45) is 0 Å².